The minimum absolute atomic E-state index is 0.163. The monoisotopic (exact) mass is 324 g/mol. The molecule has 1 aliphatic rings. The number of benzene rings is 1. The van der Waals surface area contributed by atoms with Gasteiger partial charge >= 0.3 is 0 Å². The number of hydrogen-bond acceptors (Lipinski definition) is 5. The van der Waals surface area contributed by atoms with Crippen molar-refractivity contribution in [1.29, 1.82) is 0 Å². The van der Waals surface area contributed by atoms with E-state index in [0.29, 0.717) is 17.6 Å². The first-order chi connectivity index (χ1) is 10.2. The SMILES string of the molecule is OC1CCC(c2nc(CSc3ccc(Cl)cc3)no2)CC1. The summed E-state index contributed by atoms with van der Waals surface area (Å²) in [6, 6.07) is 7.71. The van der Waals surface area contributed by atoms with Gasteiger partial charge in [0.05, 0.1) is 11.9 Å². The van der Waals surface area contributed by atoms with Crippen LogP contribution in [0.3, 0.4) is 0 Å². The number of aliphatic hydroxyl groups is 1. The van der Waals surface area contributed by atoms with Gasteiger partial charge in [-0.05, 0) is 49.9 Å². The van der Waals surface area contributed by atoms with Gasteiger partial charge in [0.25, 0.3) is 0 Å². The van der Waals surface area contributed by atoms with Crippen molar-refractivity contribution in [3.8, 4) is 0 Å². The third-order valence-corrected chi connectivity index (χ3v) is 4.97. The van der Waals surface area contributed by atoms with E-state index in [1.807, 2.05) is 24.3 Å². The molecule has 6 heteroatoms. The summed E-state index contributed by atoms with van der Waals surface area (Å²) in [4.78, 5) is 5.62. The minimum atomic E-state index is -0.163. The molecule has 2 aromatic rings. The highest BCUT2D eigenvalue weighted by Crippen LogP contribution is 2.32. The summed E-state index contributed by atoms with van der Waals surface area (Å²) >= 11 is 7.52. The molecular formula is C15H17ClN2O2S. The first-order valence-corrected chi connectivity index (χ1v) is 8.46. The fourth-order valence-electron chi connectivity index (χ4n) is 2.49. The summed E-state index contributed by atoms with van der Waals surface area (Å²) in [5.41, 5.74) is 0. The van der Waals surface area contributed by atoms with Crippen LogP contribution in [0.5, 0.6) is 0 Å². The molecular weight excluding hydrogens is 308 g/mol. The lowest BCUT2D eigenvalue weighted by molar-refractivity contribution is 0.116. The number of halogens is 1. The maximum atomic E-state index is 9.53. The van der Waals surface area contributed by atoms with E-state index in [0.717, 1.165) is 41.4 Å². The van der Waals surface area contributed by atoms with E-state index in [-0.39, 0.29) is 6.10 Å². The van der Waals surface area contributed by atoms with E-state index in [4.69, 9.17) is 16.1 Å². The molecule has 112 valence electrons. The maximum Gasteiger partial charge on any atom is 0.229 e. The van der Waals surface area contributed by atoms with Crippen molar-refractivity contribution in [2.24, 2.45) is 0 Å². The van der Waals surface area contributed by atoms with Crippen molar-refractivity contribution in [1.82, 2.24) is 10.1 Å². The molecule has 1 aliphatic carbocycles. The van der Waals surface area contributed by atoms with Crippen LogP contribution in [-0.2, 0) is 5.75 Å². The number of rotatable bonds is 4. The van der Waals surface area contributed by atoms with Crippen LogP contribution in [0, 0.1) is 0 Å². The summed E-state index contributed by atoms with van der Waals surface area (Å²) in [5, 5.41) is 14.3. The third kappa shape index (κ3) is 3.99. The second kappa shape index (κ2) is 6.81. The zero-order valence-corrected chi connectivity index (χ0v) is 13.1. The van der Waals surface area contributed by atoms with Gasteiger partial charge in [-0.3, -0.25) is 0 Å². The smallest absolute Gasteiger partial charge is 0.229 e. The first kappa shape index (κ1) is 14.9. The Morgan fingerprint density at radius 2 is 1.90 bits per heavy atom. The average molecular weight is 325 g/mol. The fourth-order valence-corrected chi connectivity index (χ4v) is 3.36. The molecule has 0 radical (unpaired) electrons. The molecule has 1 fully saturated rings. The lowest BCUT2D eigenvalue weighted by atomic mass is 9.87. The topological polar surface area (TPSA) is 59.2 Å². The highest BCUT2D eigenvalue weighted by Gasteiger charge is 2.25. The molecule has 1 saturated carbocycles. The molecule has 0 aliphatic heterocycles. The third-order valence-electron chi connectivity index (χ3n) is 3.71. The van der Waals surface area contributed by atoms with Gasteiger partial charge in [0.15, 0.2) is 5.82 Å². The highest BCUT2D eigenvalue weighted by atomic mass is 35.5. The molecule has 21 heavy (non-hydrogen) atoms. The lowest BCUT2D eigenvalue weighted by Gasteiger charge is -2.22. The highest BCUT2D eigenvalue weighted by molar-refractivity contribution is 7.98. The van der Waals surface area contributed by atoms with Gasteiger partial charge in [-0.15, -0.1) is 11.8 Å². The van der Waals surface area contributed by atoms with Crippen LogP contribution in [0.1, 0.15) is 43.3 Å². The molecule has 1 aromatic carbocycles. The van der Waals surface area contributed by atoms with Crippen LogP contribution in [0.15, 0.2) is 33.7 Å². The number of hydrogen-bond donors (Lipinski definition) is 1. The Labute approximate surface area is 132 Å². The van der Waals surface area contributed by atoms with Gasteiger partial charge in [0.2, 0.25) is 5.89 Å². The van der Waals surface area contributed by atoms with Crippen LogP contribution < -0.4 is 0 Å². The molecule has 0 bridgehead atoms. The number of aromatic nitrogens is 2. The van der Waals surface area contributed by atoms with Crippen LogP contribution in [0.4, 0.5) is 0 Å². The number of nitrogens with zero attached hydrogens (tertiary/aromatic N) is 2. The van der Waals surface area contributed by atoms with E-state index < -0.39 is 0 Å². The van der Waals surface area contributed by atoms with Crippen LogP contribution in [0.25, 0.3) is 0 Å². The van der Waals surface area contributed by atoms with Gasteiger partial charge in [0.1, 0.15) is 0 Å². The summed E-state index contributed by atoms with van der Waals surface area (Å²) in [7, 11) is 0. The number of thioether (sulfide) groups is 1. The van der Waals surface area contributed by atoms with E-state index in [9.17, 15) is 5.11 Å². The van der Waals surface area contributed by atoms with Crippen molar-refractivity contribution in [2.45, 2.75) is 48.4 Å². The van der Waals surface area contributed by atoms with Gasteiger partial charge in [-0.1, -0.05) is 16.8 Å². The zero-order chi connectivity index (χ0) is 14.7. The largest absolute Gasteiger partial charge is 0.393 e. The normalized spacial score (nSPS) is 22.4. The molecule has 1 N–H and O–H groups in total. The summed E-state index contributed by atoms with van der Waals surface area (Å²) in [5.74, 6) is 2.42. The average Bonchev–Trinajstić information content (AvgIpc) is 2.96. The van der Waals surface area contributed by atoms with Crippen molar-refractivity contribution >= 4 is 23.4 Å². The molecule has 1 heterocycles. The first-order valence-electron chi connectivity index (χ1n) is 7.09. The quantitative estimate of drug-likeness (QED) is 0.860. The van der Waals surface area contributed by atoms with Gasteiger partial charge < -0.3 is 9.63 Å². The second-order valence-electron chi connectivity index (χ2n) is 5.30. The summed E-state index contributed by atoms with van der Waals surface area (Å²) in [6.45, 7) is 0. The van der Waals surface area contributed by atoms with Crippen molar-refractivity contribution in [2.75, 3.05) is 0 Å². The Balaban J connectivity index is 1.56. The Morgan fingerprint density at radius 1 is 1.19 bits per heavy atom. The van der Waals surface area contributed by atoms with Gasteiger partial charge in [0, 0.05) is 15.8 Å². The van der Waals surface area contributed by atoms with E-state index >= 15 is 0 Å². The molecule has 0 saturated heterocycles. The molecule has 0 spiro atoms. The van der Waals surface area contributed by atoms with Gasteiger partial charge in [-0.25, -0.2) is 0 Å². The molecule has 0 amide bonds. The minimum Gasteiger partial charge on any atom is -0.393 e. The van der Waals surface area contributed by atoms with Gasteiger partial charge in [-0.2, -0.15) is 4.98 Å². The van der Waals surface area contributed by atoms with Crippen LogP contribution >= 0.6 is 23.4 Å². The molecule has 0 atom stereocenters. The van der Waals surface area contributed by atoms with Crippen LogP contribution in [0.2, 0.25) is 5.02 Å². The van der Waals surface area contributed by atoms with Crippen molar-refractivity contribution in [3.05, 3.63) is 41.0 Å². The molecule has 1 aromatic heterocycles. The Morgan fingerprint density at radius 3 is 2.62 bits per heavy atom. The predicted molar refractivity (Wildman–Crippen MR) is 82.5 cm³/mol. The Kier molecular flexibility index (Phi) is 4.83. The molecule has 0 unspecified atom stereocenters. The van der Waals surface area contributed by atoms with E-state index in [1.54, 1.807) is 11.8 Å². The lowest BCUT2D eigenvalue weighted by Crippen LogP contribution is -2.17. The molecule has 3 rings (SSSR count). The second-order valence-corrected chi connectivity index (χ2v) is 6.78. The maximum absolute atomic E-state index is 9.53. The van der Waals surface area contributed by atoms with Crippen molar-refractivity contribution in [3.63, 3.8) is 0 Å². The fraction of sp³-hybridized carbons (Fsp3) is 0.467. The summed E-state index contributed by atoms with van der Waals surface area (Å²) in [6.07, 6.45) is 3.33. The standard InChI is InChI=1S/C15H17ClN2O2S/c16-11-3-7-13(8-4-11)21-9-14-17-15(20-18-14)10-1-5-12(19)6-2-10/h3-4,7-8,10,12,19H,1-2,5-6,9H2. The van der Waals surface area contributed by atoms with E-state index in [2.05, 4.69) is 10.1 Å². The molecule has 4 nitrogen and oxygen atoms in total. The Bertz CT molecular complexity index is 580. The zero-order valence-electron chi connectivity index (χ0n) is 11.5. The van der Waals surface area contributed by atoms with E-state index in [1.165, 1.54) is 0 Å². The Hall–Kier alpha value is -1.04. The summed E-state index contributed by atoms with van der Waals surface area (Å²) < 4.78 is 5.37. The van der Waals surface area contributed by atoms with Crippen molar-refractivity contribution < 1.29 is 9.63 Å². The van der Waals surface area contributed by atoms with Crippen LogP contribution in [-0.4, -0.2) is 21.4 Å². The predicted octanol–water partition coefficient (Wildman–Crippen LogP) is 4.03. The number of aliphatic hydroxyl groups excluding tert-OH is 1.